The highest BCUT2D eigenvalue weighted by atomic mass is 35.5. The standard InChI is InChI=1S/C14H20Cl2N2O2/c1-18(2,3)5-4-17-13(19)9-7-6-8(10(9)14(17)20)12(16)11(7)15/h7-8,11-12H,4-6H2,1-3H3,(H-,19,20)/p+1. The Bertz CT molecular complexity index is 513. The van der Waals surface area contributed by atoms with Gasteiger partial charge in [-0.1, -0.05) is 0 Å². The summed E-state index contributed by atoms with van der Waals surface area (Å²) < 4.78 is 2.37. The summed E-state index contributed by atoms with van der Waals surface area (Å²) in [5.41, 5.74) is 1.65. The SMILES string of the molecule is C[N+](C)(C)CCn1c(O)c2c(c1O)C1CC2C(Cl)C1Cl. The minimum absolute atomic E-state index is 0.0652. The molecular formula is C14H21Cl2N2O2+. The smallest absolute Gasteiger partial charge is 0.198 e. The normalized spacial score (nSPS) is 31.9. The Morgan fingerprint density at radius 1 is 1.05 bits per heavy atom. The van der Waals surface area contributed by atoms with Gasteiger partial charge >= 0.3 is 0 Å². The van der Waals surface area contributed by atoms with Crippen LogP contribution in [0, 0.1) is 0 Å². The summed E-state index contributed by atoms with van der Waals surface area (Å²) in [6, 6.07) is 0. The lowest BCUT2D eigenvalue weighted by atomic mass is 9.94. The van der Waals surface area contributed by atoms with Crippen molar-refractivity contribution >= 4 is 23.2 Å². The Balaban J connectivity index is 1.97. The quantitative estimate of drug-likeness (QED) is 0.664. The van der Waals surface area contributed by atoms with Crippen molar-refractivity contribution in [2.24, 2.45) is 0 Å². The molecule has 0 spiro atoms. The van der Waals surface area contributed by atoms with Crippen LogP contribution < -0.4 is 0 Å². The highest BCUT2D eigenvalue weighted by Gasteiger charge is 2.54. The van der Waals surface area contributed by atoms with E-state index < -0.39 is 0 Å². The molecule has 0 aromatic carbocycles. The maximum absolute atomic E-state index is 10.4. The molecule has 4 unspecified atom stereocenters. The molecule has 112 valence electrons. The number of alkyl halides is 2. The number of quaternary nitrogens is 1. The highest BCUT2D eigenvalue weighted by Crippen LogP contribution is 2.62. The van der Waals surface area contributed by atoms with Crippen LogP contribution in [-0.4, -0.2) is 57.7 Å². The van der Waals surface area contributed by atoms with Crippen molar-refractivity contribution in [1.29, 1.82) is 0 Å². The summed E-state index contributed by atoms with van der Waals surface area (Å²) in [6.07, 6.45) is 0.838. The van der Waals surface area contributed by atoms with Gasteiger partial charge in [-0.3, -0.25) is 4.57 Å². The van der Waals surface area contributed by atoms with Gasteiger partial charge in [-0.15, -0.1) is 23.2 Å². The maximum Gasteiger partial charge on any atom is 0.198 e. The number of aromatic hydroxyl groups is 2. The maximum atomic E-state index is 10.4. The molecule has 2 aliphatic rings. The second kappa shape index (κ2) is 4.46. The van der Waals surface area contributed by atoms with Gasteiger partial charge in [0, 0.05) is 23.0 Å². The van der Waals surface area contributed by atoms with Crippen molar-refractivity contribution in [3.05, 3.63) is 11.1 Å². The van der Waals surface area contributed by atoms with E-state index in [2.05, 4.69) is 21.1 Å². The van der Waals surface area contributed by atoms with Gasteiger partial charge < -0.3 is 14.7 Å². The van der Waals surface area contributed by atoms with Gasteiger partial charge in [0.1, 0.15) is 0 Å². The van der Waals surface area contributed by atoms with Gasteiger partial charge in [0.25, 0.3) is 0 Å². The van der Waals surface area contributed by atoms with Crippen LogP contribution in [0.15, 0.2) is 0 Å². The molecule has 20 heavy (non-hydrogen) atoms. The molecule has 0 aliphatic heterocycles. The molecule has 2 aliphatic carbocycles. The molecule has 0 amide bonds. The van der Waals surface area contributed by atoms with E-state index in [9.17, 15) is 10.2 Å². The van der Waals surface area contributed by atoms with Crippen molar-refractivity contribution in [3.8, 4) is 11.8 Å². The molecule has 1 aromatic heterocycles. The molecule has 4 nitrogen and oxygen atoms in total. The lowest BCUT2D eigenvalue weighted by molar-refractivity contribution is -0.871. The van der Waals surface area contributed by atoms with Crippen LogP contribution in [-0.2, 0) is 6.54 Å². The average Bonchev–Trinajstić information content (AvgIpc) is 2.92. The molecule has 0 radical (unpaired) electrons. The van der Waals surface area contributed by atoms with Crippen LogP contribution in [0.1, 0.15) is 29.4 Å². The number of aromatic nitrogens is 1. The van der Waals surface area contributed by atoms with Gasteiger partial charge in [-0.05, 0) is 6.42 Å². The summed E-state index contributed by atoms with van der Waals surface area (Å²) in [5, 5.41) is 20.6. The van der Waals surface area contributed by atoms with Crippen molar-refractivity contribution < 1.29 is 14.7 Å². The van der Waals surface area contributed by atoms with Gasteiger partial charge in [-0.2, -0.15) is 0 Å². The molecule has 1 fully saturated rings. The number of halogens is 2. The zero-order valence-electron chi connectivity index (χ0n) is 12.0. The molecule has 1 saturated carbocycles. The topological polar surface area (TPSA) is 45.4 Å². The van der Waals surface area contributed by atoms with E-state index >= 15 is 0 Å². The van der Waals surface area contributed by atoms with E-state index in [0.717, 1.165) is 28.6 Å². The van der Waals surface area contributed by atoms with Gasteiger partial charge in [0.05, 0.1) is 45.0 Å². The summed E-state index contributed by atoms with van der Waals surface area (Å²) in [6.45, 7) is 1.39. The predicted molar refractivity (Wildman–Crippen MR) is 80.0 cm³/mol. The van der Waals surface area contributed by atoms with Crippen LogP contribution in [0.5, 0.6) is 11.8 Å². The molecule has 1 heterocycles. The number of likely N-dealkylation sites (N-methyl/N-ethyl adjacent to an activating group) is 1. The van der Waals surface area contributed by atoms with Gasteiger partial charge in [0.2, 0.25) is 0 Å². The second-order valence-electron chi connectivity index (χ2n) is 6.98. The first-order chi connectivity index (χ1) is 9.22. The van der Waals surface area contributed by atoms with E-state index in [-0.39, 0.29) is 34.3 Å². The Morgan fingerprint density at radius 2 is 1.50 bits per heavy atom. The first-order valence-corrected chi connectivity index (χ1v) is 7.82. The number of hydrogen-bond donors (Lipinski definition) is 2. The van der Waals surface area contributed by atoms with Crippen molar-refractivity contribution in [3.63, 3.8) is 0 Å². The largest absolute Gasteiger partial charge is 0.494 e. The van der Waals surface area contributed by atoms with E-state index in [1.165, 1.54) is 0 Å². The van der Waals surface area contributed by atoms with Gasteiger partial charge in [-0.25, -0.2) is 0 Å². The number of nitrogens with zero attached hydrogens (tertiary/aromatic N) is 2. The Hall–Kier alpha value is -0.580. The lowest BCUT2D eigenvalue weighted by Crippen LogP contribution is -2.37. The molecule has 2 bridgehead atoms. The van der Waals surface area contributed by atoms with E-state index in [1.807, 2.05) is 0 Å². The van der Waals surface area contributed by atoms with Crippen LogP contribution >= 0.6 is 23.2 Å². The Labute approximate surface area is 129 Å². The zero-order chi connectivity index (χ0) is 14.8. The highest BCUT2D eigenvalue weighted by molar-refractivity contribution is 6.31. The summed E-state index contributed by atoms with van der Waals surface area (Å²) in [5.74, 6) is 0.478. The summed E-state index contributed by atoms with van der Waals surface area (Å²) >= 11 is 12.7. The van der Waals surface area contributed by atoms with Crippen LogP contribution in [0.2, 0.25) is 0 Å². The number of fused-ring (bicyclic) bond motifs is 5. The molecule has 0 saturated heterocycles. The zero-order valence-corrected chi connectivity index (χ0v) is 13.5. The first-order valence-electron chi connectivity index (χ1n) is 6.95. The van der Waals surface area contributed by atoms with Crippen molar-refractivity contribution in [2.75, 3.05) is 27.7 Å². The van der Waals surface area contributed by atoms with E-state index in [1.54, 1.807) is 4.57 Å². The fourth-order valence-electron chi connectivity index (χ4n) is 3.51. The third-order valence-electron chi connectivity index (χ3n) is 4.60. The van der Waals surface area contributed by atoms with E-state index in [0.29, 0.717) is 6.54 Å². The number of hydrogen-bond acceptors (Lipinski definition) is 2. The number of rotatable bonds is 3. The first kappa shape index (κ1) is 14.4. The molecule has 3 rings (SSSR count). The van der Waals surface area contributed by atoms with E-state index in [4.69, 9.17) is 23.2 Å². The monoisotopic (exact) mass is 319 g/mol. The van der Waals surface area contributed by atoms with Crippen molar-refractivity contribution in [2.45, 2.75) is 35.6 Å². The third kappa shape index (κ3) is 1.92. The fourth-order valence-corrected chi connectivity index (χ4v) is 4.32. The Morgan fingerprint density at radius 3 is 1.90 bits per heavy atom. The predicted octanol–water partition coefficient (Wildman–Crippen LogP) is 2.40. The third-order valence-corrected chi connectivity index (χ3v) is 5.88. The minimum Gasteiger partial charge on any atom is -0.494 e. The van der Waals surface area contributed by atoms with Crippen LogP contribution in [0.3, 0.4) is 0 Å². The summed E-state index contributed by atoms with van der Waals surface area (Å²) in [7, 11) is 6.25. The second-order valence-corrected chi connectivity index (χ2v) is 7.99. The fraction of sp³-hybridized carbons (Fsp3) is 0.714. The minimum atomic E-state index is -0.159. The van der Waals surface area contributed by atoms with Crippen LogP contribution in [0.4, 0.5) is 0 Å². The molecule has 4 atom stereocenters. The molecule has 1 aromatic rings. The summed E-state index contributed by atoms with van der Waals surface area (Å²) in [4.78, 5) is 0. The van der Waals surface area contributed by atoms with Crippen molar-refractivity contribution in [1.82, 2.24) is 4.57 Å². The molecular weight excluding hydrogens is 299 g/mol. The average molecular weight is 320 g/mol. The van der Waals surface area contributed by atoms with Gasteiger partial charge in [0.15, 0.2) is 11.8 Å². The molecule has 6 heteroatoms. The lowest BCUT2D eigenvalue weighted by Gasteiger charge is -2.24. The molecule has 2 N–H and O–H groups in total. The van der Waals surface area contributed by atoms with Crippen LogP contribution in [0.25, 0.3) is 0 Å². The Kier molecular flexibility index (Phi) is 3.20.